The lowest BCUT2D eigenvalue weighted by atomic mass is 10.1. The molecule has 2 aromatic heterocycles. The Hall–Kier alpha value is -4.84. The van der Waals surface area contributed by atoms with E-state index in [0.29, 0.717) is 60.1 Å². The molecular weight excluding hydrogens is 470 g/mol. The van der Waals surface area contributed by atoms with Crippen LogP contribution in [0.4, 0.5) is 17.1 Å². The minimum atomic E-state index is -0.0767. The van der Waals surface area contributed by atoms with Gasteiger partial charge in [-0.2, -0.15) is 0 Å². The Morgan fingerprint density at radius 3 is 2.78 bits per heavy atom. The minimum absolute atomic E-state index is 0.0671. The summed E-state index contributed by atoms with van der Waals surface area (Å²) in [6.07, 6.45) is 7.24. The van der Waals surface area contributed by atoms with Crippen molar-refractivity contribution in [1.29, 1.82) is 0 Å². The molecule has 0 radical (unpaired) electrons. The number of pyridine rings is 1. The largest absolute Gasteiger partial charge is 0.493 e. The number of piperidine rings is 1. The molecule has 3 heterocycles. The van der Waals surface area contributed by atoms with Gasteiger partial charge in [-0.1, -0.05) is 18.7 Å². The first-order chi connectivity index (χ1) is 18.1. The third-order valence-electron chi connectivity index (χ3n) is 6.32. The fourth-order valence-electron chi connectivity index (χ4n) is 4.41. The fraction of sp³-hybridized carbons (Fsp3) is 0.214. The van der Waals surface area contributed by atoms with Crippen LogP contribution in [0.15, 0.2) is 72.3 Å². The maximum absolute atomic E-state index is 11.9. The number of hydrogen-bond donors (Lipinski definition) is 1. The second-order valence-corrected chi connectivity index (χ2v) is 8.57. The van der Waals surface area contributed by atoms with E-state index in [0.717, 1.165) is 16.6 Å². The van der Waals surface area contributed by atoms with Gasteiger partial charge in [0.15, 0.2) is 23.7 Å². The summed E-state index contributed by atoms with van der Waals surface area (Å²) in [5.41, 5.74) is 3.30. The summed E-state index contributed by atoms with van der Waals surface area (Å²) >= 11 is 0. The van der Waals surface area contributed by atoms with Crippen LogP contribution in [0.1, 0.15) is 12.8 Å². The van der Waals surface area contributed by atoms with Crippen LogP contribution in [-0.2, 0) is 4.79 Å². The Morgan fingerprint density at radius 2 is 2.08 bits per heavy atom. The molecule has 1 aliphatic heterocycles. The van der Waals surface area contributed by atoms with Crippen molar-refractivity contribution in [2.45, 2.75) is 18.9 Å². The molecule has 0 aliphatic carbocycles. The first kappa shape index (κ1) is 23.9. The molecule has 9 nitrogen and oxygen atoms in total. The number of fused-ring (bicyclic) bond motifs is 1. The van der Waals surface area contributed by atoms with Gasteiger partial charge >= 0.3 is 0 Å². The van der Waals surface area contributed by atoms with Crippen LogP contribution < -0.4 is 14.8 Å². The number of methoxy groups -OCH3 is 1. The highest BCUT2D eigenvalue weighted by atomic mass is 16.5. The van der Waals surface area contributed by atoms with Crippen molar-refractivity contribution in [3.8, 4) is 22.8 Å². The van der Waals surface area contributed by atoms with Crippen LogP contribution in [-0.4, -0.2) is 47.1 Å². The van der Waals surface area contributed by atoms with Gasteiger partial charge in [0.25, 0.3) is 0 Å². The lowest BCUT2D eigenvalue weighted by Gasteiger charge is -2.31. The maximum atomic E-state index is 11.9. The topological polar surface area (TPSA) is 94.1 Å². The zero-order valence-corrected chi connectivity index (χ0v) is 20.3. The molecule has 37 heavy (non-hydrogen) atoms. The Balaban J connectivity index is 1.48. The summed E-state index contributed by atoms with van der Waals surface area (Å²) in [5, 5.41) is 4.13. The summed E-state index contributed by atoms with van der Waals surface area (Å²) in [5.74, 6) is 1.70. The molecule has 9 heteroatoms. The molecule has 186 valence electrons. The van der Waals surface area contributed by atoms with Gasteiger partial charge in [-0.25, -0.2) is 9.83 Å². The number of anilines is 2. The summed E-state index contributed by atoms with van der Waals surface area (Å²) in [6, 6.07) is 11.3. The van der Waals surface area contributed by atoms with E-state index < -0.39 is 0 Å². The van der Waals surface area contributed by atoms with Crippen LogP contribution in [0.5, 0.6) is 11.5 Å². The summed E-state index contributed by atoms with van der Waals surface area (Å²) in [7, 11) is 1.58. The van der Waals surface area contributed by atoms with Crippen molar-refractivity contribution in [2.75, 3.05) is 25.5 Å². The van der Waals surface area contributed by atoms with Crippen molar-refractivity contribution >= 4 is 33.9 Å². The lowest BCUT2D eigenvalue weighted by molar-refractivity contribution is -0.127. The fourth-order valence-corrected chi connectivity index (χ4v) is 4.41. The third kappa shape index (κ3) is 4.95. The average Bonchev–Trinajstić information content (AvgIpc) is 3.48. The standard InChI is InChI=1S/C28H25N5O4/c1-4-27(34)33-10-8-20(9-11-33)37-25-13-21-22(14-24(25)35-3)31-15-23(29-2)28(21)32-19-7-5-6-18(12-19)26-16-30-17-36-26/h4-7,12-17,20H,1,8-11H2,3H3,(H,31,32). The number of rotatable bonds is 7. The van der Waals surface area contributed by atoms with Crippen LogP contribution >= 0.6 is 0 Å². The predicted molar refractivity (Wildman–Crippen MR) is 140 cm³/mol. The zero-order chi connectivity index (χ0) is 25.8. The molecule has 0 bridgehead atoms. The van der Waals surface area contributed by atoms with Gasteiger partial charge in [0.2, 0.25) is 11.6 Å². The van der Waals surface area contributed by atoms with Crippen LogP contribution in [0.2, 0.25) is 0 Å². The van der Waals surface area contributed by atoms with Gasteiger partial charge < -0.3 is 24.1 Å². The number of likely N-dealkylation sites (tertiary alicyclic amines) is 1. The summed E-state index contributed by atoms with van der Waals surface area (Å²) in [4.78, 5) is 25.8. The molecule has 0 unspecified atom stereocenters. The van der Waals surface area contributed by atoms with Crippen LogP contribution in [0.25, 0.3) is 27.1 Å². The molecule has 1 aliphatic rings. The number of carbonyl (C=O) groups excluding carboxylic acids is 1. The molecule has 2 aromatic carbocycles. The van der Waals surface area contributed by atoms with E-state index in [2.05, 4.69) is 26.7 Å². The number of nitrogens with one attached hydrogen (secondary N) is 1. The highest BCUT2D eigenvalue weighted by Gasteiger charge is 2.24. The molecule has 0 saturated carbocycles. The van der Waals surface area contributed by atoms with Crippen molar-refractivity contribution in [3.05, 3.63) is 79.3 Å². The van der Waals surface area contributed by atoms with E-state index in [1.807, 2.05) is 36.4 Å². The van der Waals surface area contributed by atoms with E-state index in [9.17, 15) is 4.79 Å². The number of carbonyl (C=O) groups is 1. The lowest BCUT2D eigenvalue weighted by Crippen LogP contribution is -2.41. The average molecular weight is 496 g/mol. The molecule has 0 spiro atoms. The molecule has 1 fully saturated rings. The van der Waals surface area contributed by atoms with Gasteiger partial charge in [0.1, 0.15) is 6.10 Å². The van der Waals surface area contributed by atoms with E-state index in [1.54, 1.807) is 24.4 Å². The maximum Gasteiger partial charge on any atom is 0.245 e. The molecule has 1 amide bonds. The van der Waals surface area contributed by atoms with Crippen molar-refractivity contribution < 1.29 is 18.7 Å². The van der Waals surface area contributed by atoms with Crippen LogP contribution in [0, 0.1) is 6.57 Å². The molecule has 0 atom stereocenters. The first-order valence-corrected chi connectivity index (χ1v) is 11.8. The van der Waals surface area contributed by atoms with Gasteiger partial charge in [-0.3, -0.25) is 9.78 Å². The van der Waals surface area contributed by atoms with Gasteiger partial charge in [-0.05, 0) is 24.3 Å². The van der Waals surface area contributed by atoms with Gasteiger partial charge in [-0.15, -0.1) is 0 Å². The number of aromatic nitrogens is 2. The quantitative estimate of drug-likeness (QED) is 0.258. The first-order valence-electron chi connectivity index (χ1n) is 11.8. The van der Waals surface area contributed by atoms with E-state index >= 15 is 0 Å². The molecule has 5 rings (SSSR count). The van der Waals surface area contributed by atoms with E-state index in [1.165, 1.54) is 12.5 Å². The Bertz CT molecular complexity index is 1480. The molecule has 4 aromatic rings. The second-order valence-electron chi connectivity index (χ2n) is 8.57. The summed E-state index contributed by atoms with van der Waals surface area (Å²) in [6.45, 7) is 12.5. The molecule has 1 N–H and O–H groups in total. The van der Waals surface area contributed by atoms with Crippen molar-refractivity contribution in [1.82, 2.24) is 14.9 Å². The van der Waals surface area contributed by atoms with Gasteiger partial charge in [0, 0.05) is 54.8 Å². The Morgan fingerprint density at radius 1 is 1.24 bits per heavy atom. The smallest absolute Gasteiger partial charge is 0.245 e. The second kappa shape index (κ2) is 10.4. The van der Waals surface area contributed by atoms with Crippen molar-refractivity contribution in [3.63, 3.8) is 0 Å². The minimum Gasteiger partial charge on any atom is -0.493 e. The van der Waals surface area contributed by atoms with Gasteiger partial charge in [0.05, 0.1) is 31.1 Å². The monoisotopic (exact) mass is 495 g/mol. The molecular formula is C28H25N5O4. The number of oxazole rings is 1. The third-order valence-corrected chi connectivity index (χ3v) is 6.32. The number of ether oxygens (including phenoxy) is 2. The van der Waals surface area contributed by atoms with Crippen molar-refractivity contribution in [2.24, 2.45) is 0 Å². The Labute approximate surface area is 214 Å². The summed E-state index contributed by atoms with van der Waals surface area (Å²) < 4.78 is 17.4. The highest BCUT2D eigenvalue weighted by Crippen LogP contribution is 2.41. The normalized spacial score (nSPS) is 13.7. The Kier molecular flexibility index (Phi) is 6.72. The predicted octanol–water partition coefficient (Wildman–Crippen LogP) is 5.75. The van der Waals surface area contributed by atoms with E-state index in [-0.39, 0.29) is 12.0 Å². The number of benzene rings is 2. The van der Waals surface area contributed by atoms with Crippen LogP contribution in [0.3, 0.4) is 0 Å². The highest BCUT2D eigenvalue weighted by molar-refractivity contribution is 6.01. The molecule has 1 saturated heterocycles. The number of hydrogen-bond acceptors (Lipinski definition) is 7. The zero-order valence-electron chi connectivity index (χ0n) is 20.3. The van der Waals surface area contributed by atoms with E-state index in [4.69, 9.17) is 20.5 Å². The number of amides is 1. The SMILES string of the molecule is [C-]#[N+]c1cnc2cc(OC)c(OC3CCN(C(=O)C=C)CC3)cc2c1Nc1cccc(-c2cnco2)c1. The number of nitrogens with zero attached hydrogens (tertiary/aromatic N) is 4.